The first-order chi connectivity index (χ1) is 11.1. The average molecular weight is 317 g/mol. The van der Waals surface area contributed by atoms with Gasteiger partial charge in [-0.3, -0.25) is 14.6 Å². The molecule has 0 bridgehead atoms. The number of hydrogen-bond acceptors (Lipinski definition) is 4. The van der Waals surface area contributed by atoms with Crippen LogP contribution in [0, 0.1) is 5.92 Å². The number of carboxylic acids is 1. The second kappa shape index (κ2) is 6.36. The van der Waals surface area contributed by atoms with Crippen LogP contribution < -0.4 is 0 Å². The molecule has 7 nitrogen and oxygen atoms in total. The largest absolute Gasteiger partial charge is 0.480 e. The molecule has 0 aromatic carbocycles. The van der Waals surface area contributed by atoms with Gasteiger partial charge in [-0.1, -0.05) is 6.07 Å². The number of nitrogens with zero attached hydrogens (tertiary/aromatic N) is 3. The lowest BCUT2D eigenvalue weighted by atomic mass is 10.1. The predicted octanol–water partition coefficient (Wildman–Crippen LogP) is 0.506. The molecule has 2 amide bonds. The van der Waals surface area contributed by atoms with Gasteiger partial charge in [-0.15, -0.1) is 0 Å². The summed E-state index contributed by atoms with van der Waals surface area (Å²) < 4.78 is 0. The molecule has 0 radical (unpaired) electrons. The van der Waals surface area contributed by atoms with Crippen molar-refractivity contribution in [1.82, 2.24) is 14.8 Å². The number of carbonyl (C=O) groups excluding carboxylic acids is 2. The van der Waals surface area contributed by atoms with Crippen LogP contribution in [0.25, 0.3) is 0 Å². The molecular weight excluding hydrogens is 298 g/mol. The van der Waals surface area contributed by atoms with Crippen molar-refractivity contribution in [2.45, 2.75) is 31.8 Å². The lowest BCUT2D eigenvalue weighted by molar-refractivity contribution is -0.149. The zero-order valence-electron chi connectivity index (χ0n) is 12.7. The third-order valence-corrected chi connectivity index (χ3v) is 4.48. The summed E-state index contributed by atoms with van der Waals surface area (Å²) in [4.78, 5) is 43.0. The predicted molar refractivity (Wildman–Crippen MR) is 80.1 cm³/mol. The Kier molecular flexibility index (Phi) is 4.27. The zero-order valence-corrected chi connectivity index (χ0v) is 12.7. The number of carbonyl (C=O) groups is 3. The average Bonchev–Trinajstić information content (AvgIpc) is 3.15. The van der Waals surface area contributed by atoms with Crippen molar-refractivity contribution in [2.75, 3.05) is 13.1 Å². The minimum absolute atomic E-state index is 0.0710. The summed E-state index contributed by atoms with van der Waals surface area (Å²) in [6.07, 6.45) is 4.70. The first-order valence-corrected chi connectivity index (χ1v) is 7.76. The number of rotatable bonds is 4. The van der Waals surface area contributed by atoms with Crippen LogP contribution in [-0.4, -0.2) is 56.8 Å². The van der Waals surface area contributed by atoms with Gasteiger partial charge in [0.1, 0.15) is 6.04 Å². The van der Waals surface area contributed by atoms with Crippen LogP contribution in [0.4, 0.5) is 0 Å². The lowest BCUT2D eigenvalue weighted by Gasteiger charge is -2.24. The summed E-state index contributed by atoms with van der Waals surface area (Å²) >= 11 is 0. The second-order valence-electron chi connectivity index (χ2n) is 6.06. The summed E-state index contributed by atoms with van der Waals surface area (Å²) in [7, 11) is 0. The molecule has 3 heterocycles. The van der Waals surface area contributed by atoms with Crippen LogP contribution in [0.5, 0.6) is 0 Å². The molecule has 0 spiro atoms. The molecule has 3 rings (SSSR count). The van der Waals surface area contributed by atoms with Gasteiger partial charge in [-0.05, 0) is 24.5 Å². The third kappa shape index (κ3) is 3.18. The van der Waals surface area contributed by atoms with E-state index >= 15 is 0 Å². The molecule has 1 aromatic heterocycles. The van der Waals surface area contributed by atoms with Crippen molar-refractivity contribution in [1.29, 1.82) is 0 Å². The summed E-state index contributed by atoms with van der Waals surface area (Å²) in [5.74, 6) is -1.69. The van der Waals surface area contributed by atoms with E-state index in [2.05, 4.69) is 4.98 Å². The van der Waals surface area contributed by atoms with Crippen molar-refractivity contribution in [3.63, 3.8) is 0 Å². The summed E-state index contributed by atoms with van der Waals surface area (Å²) in [6, 6.07) is 2.95. The molecule has 0 saturated carbocycles. The molecule has 2 aliphatic rings. The lowest BCUT2D eigenvalue weighted by Crippen LogP contribution is -2.44. The zero-order chi connectivity index (χ0) is 16.4. The maximum atomic E-state index is 12.6. The van der Waals surface area contributed by atoms with Crippen LogP contribution >= 0.6 is 0 Å². The molecule has 1 N–H and O–H groups in total. The van der Waals surface area contributed by atoms with E-state index in [4.69, 9.17) is 0 Å². The van der Waals surface area contributed by atoms with E-state index in [9.17, 15) is 19.5 Å². The monoisotopic (exact) mass is 317 g/mol. The van der Waals surface area contributed by atoms with Crippen molar-refractivity contribution in [3.8, 4) is 0 Å². The van der Waals surface area contributed by atoms with Gasteiger partial charge in [0, 0.05) is 38.4 Å². The van der Waals surface area contributed by atoms with E-state index in [1.807, 2.05) is 6.07 Å². The van der Waals surface area contributed by atoms with E-state index in [1.54, 1.807) is 23.4 Å². The fourth-order valence-electron chi connectivity index (χ4n) is 3.32. The summed E-state index contributed by atoms with van der Waals surface area (Å²) in [5, 5.41) is 9.20. The fourth-order valence-corrected chi connectivity index (χ4v) is 3.32. The Morgan fingerprint density at radius 3 is 2.91 bits per heavy atom. The molecule has 2 aliphatic heterocycles. The molecule has 2 saturated heterocycles. The standard InChI is InChI=1S/C16H19N3O4/c20-14-7-12(10-18(14)9-11-3-1-5-17-8-11)15(21)19-6-2-4-13(19)16(22)23/h1,3,5,8,12-13H,2,4,6-7,9-10H2,(H,22,23). The Morgan fingerprint density at radius 1 is 1.39 bits per heavy atom. The third-order valence-electron chi connectivity index (χ3n) is 4.48. The maximum absolute atomic E-state index is 12.6. The van der Waals surface area contributed by atoms with E-state index in [1.165, 1.54) is 4.90 Å². The van der Waals surface area contributed by atoms with Gasteiger partial charge >= 0.3 is 5.97 Å². The van der Waals surface area contributed by atoms with E-state index in [0.29, 0.717) is 32.5 Å². The summed E-state index contributed by atoms with van der Waals surface area (Å²) in [6.45, 7) is 1.23. The van der Waals surface area contributed by atoms with Gasteiger partial charge in [-0.25, -0.2) is 4.79 Å². The highest BCUT2D eigenvalue weighted by Crippen LogP contribution is 2.26. The number of aromatic nitrogens is 1. The van der Waals surface area contributed by atoms with Gasteiger partial charge in [0.15, 0.2) is 0 Å². The van der Waals surface area contributed by atoms with Gasteiger partial charge in [0.25, 0.3) is 0 Å². The van der Waals surface area contributed by atoms with Gasteiger partial charge in [0.05, 0.1) is 5.92 Å². The van der Waals surface area contributed by atoms with Crippen LogP contribution in [0.1, 0.15) is 24.8 Å². The van der Waals surface area contributed by atoms with Gasteiger partial charge in [0.2, 0.25) is 11.8 Å². The Morgan fingerprint density at radius 2 is 2.22 bits per heavy atom. The minimum Gasteiger partial charge on any atom is -0.480 e. The highest BCUT2D eigenvalue weighted by molar-refractivity contribution is 5.91. The topological polar surface area (TPSA) is 90.8 Å². The first-order valence-electron chi connectivity index (χ1n) is 7.76. The number of hydrogen-bond donors (Lipinski definition) is 1. The van der Waals surface area contributed by atoms with Gasteiger partial charge < -0.3 is 14.9 Å². The second-order valence-corrected chi connectivity index (χ2v) is 6.06. The molecule has 2 fully saturated rings. The van der Waals surface area contributed by atoms with Crippen molar-refractivity contribution in [2.24, 2.45) is 5.92 Å². The number of pyridine rings is 1. The van der Waals surface area contributed by atoms with Crippen molar-refractivity contribution >= 4 is 17.8 Å². The Bertz CT molecular complexity index is 619. The Balaban J connectivity index is 1.65. The van der Waals surface area contributed by atoms with Crippen molar-refractivity contribution < 1.29 is 19.5 Å². The minimum atomic E-state index is -0.965. The quantitative estimate of drug-likeness (QED) is 0.873. The van der Waals surface area contributed by atoms with Gasteiger partial charge in [-0.2, -0.15) is 0 Å². The SMILES string of the molecule is O=C(O)C1CCCN1C(=O)C1CC(=O)N(Cc2cccnc2)C1. The molecule has 1 aromatic rings. The molecule has 2 atom stereocenters. The molecule has 23 heavy (non-hydrogen) atoms. The Labute approximate surface area is 133 Å². The van der Waals surface area contributed by atoms with Crippen LogP contribution in [0.2, 0.25) is 0 Å². The smallest absolute Gasteiger partial charge is 0.326 e. The fraction of sp³-hybridized carbons (Fsp3) is 0.500. The van der Waals surface area contributed by atoms with Crippen LogP contribution in [0.15, 0.2) is 24.5 Å². The van der Waals surface area contributed by atoms with Crippen LogP contribution in [-0.2, 0) is 20.9 Å². The number of amides is 2. The highest BCUT2D eigenvalue weighted by atomic mass is 16.4. The highest BCUT2D eigenvalue weighted by Gasteiger charge is 2.41. The molecular formula is C16H19N3O4. The van der Waals surface area contributed by atoms with E-state index in [0.717, 1.165) is 5.56 Å². The number of likely N-dealkylation sites (tertiary alicyclic amines) is 2. The summed E-state index contributed by atoms with van der Waals surface area (Å²) in [5.41, 5.74) is 0.915. The van der Waals surface area contributed by atoms with E-state index < -0.39 is 17.9 Å². The van der Waals surface area contributed by atoms with E-state index in [-0.39, 0.29) is 18.2 Å². The normalized spacial score (nSPS) is 24.3. The Hall–Kier alpha value is -2.44. The molecule has 122 valence electrons. The van der Waals surface area contributed by atoms with Crippen LogP contribution in [0.3, 0.4) is 0 Å². The molecule has 7 heteroatoms. The molecule has 2 unspecified atom stereocenters. The maximum Gasteiger partial charge on any atom is 0.326 e. The number of carboxylic acid groups (broad SMARTS) is 1. The molecule has 0 aliphatic carbocycles. The number of aliphatic carboxylic acids is 1. The van der Waals surface area contributed by atoms with Crippen molar-refractivity contribution in [3.05, 3.63) is 30.1 Å². The first kappa shape index (κ1) is 15.5.